The van der Waals surface area contributed by atoms with Crippen LogP contribution in [0, 0.1) is 5.82 Å². The van der Waals surface area contributed by atoms with Crippen molar-refractivity contribution in [2.75, 3.05) is 31.6 Å². The summed E-state index contributed by atoms with van der Waals surface area (Å²) in [6.07, 6.45) is 1.99. The first-order valence-corrected chi connectivity index (χ1v) is 11.4. The third-order valence-corrected chi connectivity index (χ3v) is 5.68. The Balaban J connectivity index is 2.10. The van der Waals surface area contributed by atoms with Gasteiger partial charge < -0.3 is 15.4 Å². The van der Waals surface area contributed by atoms with Crippen molar-refractivity contribution in [3.63, 3.8) is 0 Å². The molecule has 0 saturated heterocycles. The van der Waals surface area contributed by atoms with Crippen molar-refractivity contribution in [1.82, 2.24) is 10.0 Å². The van der Waals surface area contributed by atoms with Gasteiger partial charge >= 0.3 is 0 Å². The molecule has 0 bridgehead atoms. The first-order chi connectivity index (χ1) is 15.3. The van der Waals surface area contributed by atoms with Gasteiger partial charge in [-0.05, 0) is 49.7 Å². The summed E-state index contributed by atoms with van der Waals surface area (Å²) >= 11 is 0. The van der Waals surface area contributed by atoms with Crippen LogP contribution in [0.2, 0.25) is 0 Å². The number of anilines is 1. The number of sulfonamides is 1. The summed E-state index contributed by atoms with van der Waals surface area (Å²) in [7, 11) is -4.15. The van der Waals surface area contributed by atoms with Gasteiger partial charge in [0.05, 0.1) is 0 Å². The van der Waals surface area contributed by atoms with Gasteiger partial charge in [0, 0.05) is 43.1 Å². The molecule has 0 fully saturated rings. The van der Waals surface area contributed by atoms with Crippen LogP contribution in [0.15, 0.2) is 60.0 Å². The molecule has 10 heteroatoms. The number of carbonyl (C=O) groups excluding carboxylic acids is 2. The molecule has 2 rings (SSSR count). The summed E-state index contributed by atoms with van der Waals surface area (Å²) in [6.45, 7) is 6.82. The van der Waals surface area contributed by atoms with E-state index in [1.807, 2.05) is 6.92 Å². The Bertz CT molecular complexity index is 1070. The molecule has 0 aliphatic heterocycles. The summed E-state index contributed by atoms with van der Waals surface area (Å²) in [6, 6.07) is 9.30. The molecule has 172 valence electrons. The lowest BCUT2D eigenvalue weighted by Gasteiger charge is -2.10. The van der Waals surface area contributed by atoms with Gasteiger partial charge in [-0.15, -0.1) is 6.58 Å². The Hall–Kier alpha value is -3.08. The smallest absolute Gasteiger partial charge is 0.255 e. The van der Waals surface area contributed by atoms with E-state index in [0.717, 1.165) is 12.1 Å². The number of rotatable bonds is 12. The maximum absolute atomic E-state index is 14.1. The van der Waals surface area contributed by atoms with E-state index in [-0.39, 0.29) is 18.0 Å². The molecule has 2 aromatic rings. The van der Waals surface area contributed by atoms with Crippen molar-refractivity contribution in [1.29, 1.82) is 0 Å². The van der Waals surface area contributed by atoms with Crippen LogP contribution in [0.25, 0.3) is 0 Å². The normalized spacial score (nSPS) is 11.1. The number of nitrogens with one attached hydrogen (secondary N) is 3. The van der Waals surface area contributed by atoms with Gasteiger partial charge in [-0.1, -0.05) is 12.1 Å². The van der Waals surface area contributed by atoms with Crippen LogP contribution >= 0.6 is 0 Å². The molecule has 0 aromatic heterocycles. The van der Waals surface area contributed by atoms with Crippen LogP contribution < -0.4 is 15.4 Å². The van der Waals surface area contributed by atoms with E-state index in [1.165, 1.54) is 18.2 Å². The van der Waals surface area contributed by atoms with Crippen molar-refractivity contribution < 1.29 is 27.1 Å². The standard InChI is InChI=1S/C22H26FN3O5S/c1-3-11-25-32(29,30)20-15-17(9-10-19(20)23)22(28)26-18-8-5-7-16(14-18)21(27)24-12-6-13-31-4-2/h3,5,7-10,14-15,25H,1,4,6,11-13H2,2H3,(H,24,27)(H,26,28). The molecule has 0 aliphatic carbocycles. The summed E-state index contributed by atoms with van der Waals surface area (Å²) < 4.78 is 45.9. The zero-order valence-electron chi connectivity index (χ0n) is 17.7. The Labute approximate surface area is 186 Å². The summed E-state index contributed by atoms with van der Waals surface area (Å²) in [5, 5.41) is 5.35. The van der Waals surface area contributed by atoms with Crippen LogP contribution in [0.3, 0.4) is 0 Å². The van der Waals surface area contributed by atoms with Gasteiger partial charge in [0.15, 0.2) is 0 Å². The second-order valence-corrected chi connectivity index (χ2v) is 8.36. The van der Waals surface area contributed by atoms with Gasteiger partial charge in [-0.3, -0.25) is 9.59 Å². The first kappa shape index (κ1) is 25.2. The van der Waals surface area contributed by atoms with Crippen LogP contribution in [0.4, 0.5) is 10.1 Å². The SMILES string of the molecule is C=CCNS(=O)(=O)c1cc(C(=O)Nc2cccc(C(=O)NCCCOCC)c2)ccc1F. The fraction of sp³-hybridized carbons (Fsp3) is 0.273. The zero-order valence-corrected chi connectivity index (χ0v) is 18.5. The minimum atomic E-state index is -4.15. The molecule has 0 saturated carbocycles. The molecule has 2 aromatic carbocycles. The third kappa shape index (κ3) is 7.26. The zero-order chi connectivity index (χ0) is 23.6. The third-order valence-electron chi connectivity index (χ3n) is 4.24. The van der Waals surface area contributed by atoms with Crippen molar-refractivity contribution in [2.45, 2.75) is 18.2 Å². The Morgan fingerprint density at radius 3 is 2.59 bits per heavy atom. The molecule has 3 N–H and O–H groups in total. The van der Waals surface area contributed by atoms with Crippen molar-refractivity contribution in [3.8, 4) is 0 Å². The highest BCUT2D eigenvalue weighted by molar-refractivity contribution is 7.89. The summed E-state index contributed by atoms with van der Waals surface area (Å²) in [4.78, 5) is 24.2. The van der Waals surface area contributed by atoms with E-state index < -0.39 is 26.6 Å². The van der Waals surface area contributed by atoms with Crippen LogP contribution in [-0.2, 0) is 14.8 Å². The Morgan fingerprint density at radius 2 is 1.88 bits per heavy atom. The van der Waals surface area contributed by atoms with Crippen molar-refractivity contribution in [3.05, 3.63) is 72.1 Å². The molecule has 32 heavy (non-hydrogen) atoms. The van der Waals surface area contributed by atoms with Crippen molar-refractivity contribution in [2.24, 2.45) is 0 Å². The molecular weight excluding hydrogens is 437 g/mol. The van der Waals surface area contributed by atoms with Gasteiger partial charge in [-0.25, -0.2) is 17.5 Å². The van der Waals surface area contributed by atoms with E-state index in [2.05, 4.69) is 21.9 Å². The molecule has 0 heterocycles. The van der Waals surface area contributed by atoms with Gasteiger partial charge in [0.1, 0.15) is 10.7 Å². The van der Waals surface area contributed by atoms with E-state index in [1.54, 1.807) is 18.2 Å². The van der Waals surface area contributed by atoms with E-state index >= 15 is 0 Å². The summed E-state index contributed by atoms with van der Waals surface area (Å²) in [5.41, 5.74) is 0.613. The topological polar surface area (TPSA) is 114 Å². The maximum Gasteiger partial charge on any atom is 0.255 e. The predicted molar refractivity (Wildman–Crippen MR) is 120 cm³/mol. The van der Waals surface area contributed by atoms with E-state index in [4.69, 9.17) is 4.74 Å². The highest BCUT2D eigenvalue weighted by atomic mass is 32.2. The fourth-order valence-electron chi connectivity index (χ4n) is 2.66. The lowest BCUT2D eigenvalue weighted by Crippen LogP contribution is -2.25. The van der Waals surface area contributed by atoms with Gasteiger partial charge in [0.2, 0.25) is 10.0 Å². The number of hydrogen-bond donors (Lipinski definition) is 3. The van der Waals surface area contributed by atoms with Crippen LogP contribution in [0.5, 0.6) is 0 Å². The number of hydrogen-bond acceptors (Lipinski definition) is 5. The molecular formula is C22H26FN3O5S. The maximum atomic E-state index is 14.1. The number of halogens is 1. The molecule has 0 atom stereocenters. The average Bonchev–Trinajstić information content (AvgIpc) is 2.77. The first-order valence-electron chi connectivity index (χ1n) is 9.96. The van der Waals surface area contributed by atoms with Crippen LogP contribution in [-0.4, -0.2) is 46.5 Å². The largest absolute Gasteiger partial charge is 0.382 e. The lowest BCUT2D eigenvalue weighted by atomic mass is 10.1. The Morgan fingerprint density at radius 1 is 1.12 bits per heavy atom. The number of ether oxygens (including phenoxy) is 1. The molecule has 0 aliphatic rings. The summed E-state index contributed by atoms with van der Waals surface area (Å²) in [5.74, 6) is -1.94. The molecule has 2 amide bonds. The quantitative estimate of drug-likeness (QED) is 0.331. The second kappa shape index (κ2) is 12.1. The monoisotopic (exact) mass is 463 g/mol. The molecule has 0 unspecified atom stereocenters. The van der Waals surface area contributed by atoms with E-state index in [0.29, 0.717) is 37.4 Å². The van der Waals surface area contributed by atoms with Crippen molar-refractivity contribution >= 4 is 27.5 Å². The molecule has 0 spiro atoms. The second-order valence-electron chi connectivity index (χ2n) is 6.63. The van der Waals surface area contributed by atoms with Gasteiger partial charge in [0.25, 0.3) is 11.8 Å². The Kier molecular flexibility index (Phi) is 9.51. The molecule has 8 nitrogen and oxygen atoms in total. The highest BCUT2D eigenvalue weighted by Crippen LogP contribution is 2.18. The minimum Gasteiger partial charge on any atom is -0.382 e. The number of carbonyl (C=O) groups is 2. The number of amides is 2. The fourth-order valence-corrected chi connectivity index (χ4v) is 3.76. The molecule has 0 radical (unpaired) electrons. The van der Waals surface area contributed by atoms with Gasteiger partial charge in [-0.2, -0.15) is 0 Å². The average molecular weight is 464 g/mol. The van der Waals surface area contributed by atoms with Crippen LogP contribution in [0.1, 0.15) is 34.1 Å². The van der Waals surface area contributed by atoms with E-state index in [9.17, 15) is 22.4 Å². The highest BCUT2D eigenvalue weighted by Gasteiger charge is 2.20. The number of benzene rings is 2. The predicted octanol–water partition coefficient (Wildman–Crippen LogP) is 2.70. The lowest BCUT2D eigenvalue weighted by molar-refractivity contribution is 0.0943. The minimum absolute atomic E-state index is 0.0591.